The van der Waals surface area contributed by atoms with Gasteiger partial charge in [-0.15, -0.1) is 0 Å². The van der Waals surface area contributed by atoms with Crippen LogP contribution < -0.4 is 0 Å². The van der Waals surface area contributed by atoms with Crippen molar-refractivity contribution in [2.45, 2.75) is 160 Å². The highest BCUT2D eigenvalue weighted by Crippen LogP contribution is 2.77. The van der Waals surface area contributed by atoms with Gasteiger partial charge in [-0.25, -0.2) is 0 Å². The average Bonchev–Trinajstić information content (AvgIpc) is 3.54. The molecule has 2 heterocycles. The number of allylic oxidation sites excluding steroid dienone is 1. The van der Waals surface area contributed by atoms with Crippen molar-refractivity contribution in [1.29, 1.82) is 0 Å². The maximum absolute atomic E-state index is 13.1. The van der Waals surface area contributed by atoms with Gasteiger partial charge in [0, 0.05) is 12.0 Å². The largest absolute Gasteiger partial charge is 0.481 e. The van der Waals surface area contributed by atoms with Gasteiger partial charge in [-0.3, -0.25) is 4.79 Å². The van der Waals surface area contributed by atoms with Gasteiger partial charge in [0.15, 0.2) is 12.6 Å². The number of aliphatic hydroxyl groups is 7. The lowest BCUT2D eigenvalue weighted by atomic mass is 9.32. The molecule has 0 aromatic heterocycles. The van der Waals surface area contributed by atoms with Gasteiger partial charge in [-0.05, 0) is 117 Å². The highest BCUT2D eigenvalue weighted by Gasteiger charge is 2.73. The van der Waals surface area contributed by atoms with Gasteiger partial charge in [0.05, 0.1) is 24.7 Å². The molecule has 7 fully saturated rings. The molecule has 54 heavy (non-hydrogen) atoms. The molecule has 0 bridgehead atoms. The highest BCUT2D eigenvalue weighted by molar-refractivity contribution is 5.76. The number of aliphatic carboxylic acids is 1. The first-order valence-electron chi connectivity index (χ1n) is 20.4. The van der Waals surface area contributed by atoms with Crippen LogP contribution in [0.25, 0.3) is 0 Å². The molecule has 2 saturated heterocycles. The number of hydrogen-bond donors (Lipinski definition) is 8. The molecule has 0 amide bonds. The van der Waals surface area contributed by atoms with Crippen LogP contribution in [0, 0.1) is 56.7 Å². The van der Waals surface area contributed by atoms with Crippen molar-refractivity contribution in [3.63, 3.8) is 0 Å². The summed E-state index contributed by atoms with van der Waals surface area (Å²) in [4.78, 5) is 13.1. The van der Waals surface area contributed by atoms with Gasteiger partial charge in [0.1, 0.15) is 42.7 Å². The molecule has 0 spiro atoms. The second kappa shape index (κ2) is 14.2. The van der Waals surface area contributed by atoms with E-state index in [1.54, 1.807) is 0 Å². The highest BCUT2D eigenvalue weighted by atomic mass is 16.7. The van der Waals surface area contributed by atoms with Gasteiger partial charge >= 0.3 is 5.97 Å². The first-order chi connectivity index (χ1) is 25.3. The first-order valence-corrected chi connectivity index (χ1v) is 20.4. The zero-order valence-corrected chi connectivity index (χ0v) is 32.7. The van der Waals surface area contributed by atoms with E-state index in [-0.39, 0.29) is 59.2 Å². The van der Waals surface area contributed by atoms with Crippen LogP contribution in [0.5, 0.6) is 0 Å². The lowest BCUT2D eigenvalue weighted by molar-refractivity contribution is -0.362. The van der Waals surface area contributed by atoms with E-state index in [1.807, 2.05) is 6.92 Å². The second-order valence-electron chi connectivity index (χ2n) is 19.6. The molecule has 8 N–H and O–H groups in total. The lowest BCUT2D eigenvalue weighted by Crippen LogP contribution is -2.69. The number of carboxylic acids is 1. The van der Waals surface area contributed by atoms with Crippen molar-refractivity contribution < 1.29 is 64.6 Å². The Labute approximate surface area is 319 Å². The topological polar surface area (TPSA) is 216 Å². The van der Waals surface area contributed by atoms with Gasteiger partial charge in [-0.2, -0.15) is 0 Å². The Morgan fingerprint density at radius 3 is 2.17 bits per heavy atom. The third kappa shape index (κ3) is 5.76. The first kappa shape index (κ1) is 40.9. The molecule has 308 valence electrons. The van der Waals surface area contributed by atoms with Crippen LogP contribution in [0.2, 0.25) is 0 Å². The maximum Gasteiger partial charge on any atom is 0.309 e. The molecule has 0 unspecified atom stereocenters. The molecule has 0 aromatic carbocycles. The lowest BCUT2D eigenvalue weighted by Gasteiger charge is -2.73. The van der Waals surface area contributed by atoms with Crippen molar-refractivity contribution >= 4 is 5.97 Å². The summed E-state index contributed by atoms with van der Waals surface area (Å²) < 4.78 is 23.8. The second-order valence-corrected chi connectivity index (χ2v) is 19.6. The maximum atomic E-state index is 13.1. The van der Waals surface area contributed by atoms with E-state index in [0.717, 1.165) is 44.1 Å². The van der Waals surface area contributed by atoms with Gasteiger partial charge in [-0.1, -0.05) is 39.8 Å². The zero-order chi connectivity index (χ0) is 39.3. The minimum absolute atomic E-state index is 0.0297. The van der Waals surface area contributed by atoms with E-state index < -0.39 is 78.7 Å². The van der Waals surface area contributed by atoms with E-state index >= 15 is 0 Å². The van der Waals surface area contributed by atoms with Crippen molar-refractivity contribution in [3.8, 4) is 0 Å². The fourth-order valence-electron chi connectivity index (χ4n) is 14.4. The normalized spacial score (nSPS) is 54.1. The van der Waals surface area contributed by atoms with E-state index in [4.69, 9.17) is 18.9 Å². The summed E-state index contributed by atoms with van der Waals surface area (Å²) in [5, 5.41) is 85.5. The van der Waals surface area contributed by atoms with Crippen LogP contribution in [0.4, 0.5) is 0 Å². The fourth-order valence-corrected chi connectivity index (χ4v) is 14.4. The summed E-state index contributed by atoms with van der Waals surface area (Å²) in [6.45, 7) is 14.7. The number of aliphatic hydroxyl groups excluding tert-OH is 7. The van der Waals surface area contributed by atoms with Crippen LogP contribution >= 0.6 is 0 Å². The molecular formula is C41H66O13. The number of ether oxygens (including phenoxy) is 4. The summed E-state index contributed by atoms with van der Waals surface area (Å²) >= 11 is 0. The molecule has 7 aliphatic rings. The standard InChI is InChI=1S/C41H66O13/c1-20(2)21-9-14-40(36(49)50)15-16-41(19-43)22(28(21)40)7-8-26-38(5)12-11-27(37(3,4)25(38)10-13-39(26,41)6)53-35-32(48)33(30(46)24(17-42)52-35)54-34-31(47)29(45)23(44)18-51-34/h21-35,42-48H,1,7-19H2,2-6H3,(H,49,50)/t21-,22+,23-,24+,25+,26-,27-,28+,29-,30+,31+,32+,33-,34-,35-,38-,39+,40-,41-/m0/s1. The SMILES string of the molecule is C=C(C)[C@@H]1CC[C@]2(C(=O)O)CC[C@]3(CO)[C@H](CC[C@H]4[C@@]5(C)CC[C@H](O[C@@H]6O[C@H](CO)[C@@H](O)[C@H](O[C@@H]7OC[C@H](O)[C@H](O)[C@H]7O)[C@H]6O)C(C)(C)[C@H]5CC[C@]43C)[C@@H]12. The molecule has 0 aromatic rings. The van der Waals surface area contributed by atoms with Gasteiger partial charge in [0.25, 0.3) is 0 Å². The molecule has 13 nitrogen and oxygen atoms in total. The zero-order valence-electron chi connectivity index (χ0n) is 32.7. The van der Waals surface area contributed by atoms with Crippen LogP contribution in [0.1, 0.15) is 98.8 Å². The monoisotopic (exact) mass is 766 g/mol. The van der Waals surface area contributed by atoms with Crippen molar-refractivity contribution in [2.75, 3.05) is 19.8 Å². The number of carbonyl (C=O) groups is 1. The van der Waals surface area contributed by atoms with Crippen LogP contribution in [0.3, 0.4) is 0 Å². The van der Waals surface area contributed by atoms with E-state index in [0.29, 0.717) is 31.6 Å². The Morgan fingerprint density at radius 1 is 0.796 bits per heavy atom. The van der Waals surface area contributed by atoms with E-state index in [1.165, 1.54) is 0 Å². The summed E-state index contributed by atoms with van der Waals surface area (Å²) in [6.07, 6.45) is -5.30. The molecule has 2 aliphatic heterocycles. The molecular weight excluding hydrogens is 700 g/mol. The van der Waals surface area contributed by atoms with E-state index in [2.05, 4.69) is 34.3 Å². The molecule has 13 heteroatoms. The van der Waals surface area contributed by atoms with Crippen molar-refractivity contribution in [3.05, 3.63) is 12.2 Å². The Bertz CT molecular complexity index is 1420. The Balaban J connectivity index is 1.12. The van der Waals surface area contributed by atoms with Crippen LogP contribution in [0.15, 0.2) is 12.2 Å². The summed E-state index contributed by atoms with van der Waals surface area (Å²) in [7, 11) is 0. The van der Waals surface area contributed by atoms with Crippen LogP contribution in [-0.4, -0.2) is 128 Å². The molecule has 5 saturated carbocycles. The van der Waals surface area contributed by atoms with Crippen molar-refractivity contribution in [2.24, 2.45) is 56.7 Å². The van der Waals surface area contributed by atoms with Gasteiger partial charge in [0.2, 0.25) is 0 Å². The van der Waals surface area contributed by atoms with Crippen molar-refractivity contribution in [1.82, 2.24) is 0 Å². The minimum Gasteiger partial charge on any atom is -0.481 e. The minimum atomic E-state index is -1.64. The molecule has 0 radical (unpaired) electrons. The number of rotatable bonds is 8. The molecule has 5 aliphatic carbocycles. The fraction of sp³-hybridized carbons (Fsp3) is 0.927. The quantitative estimate of drug-likeness (QED) is 0.132. The third-order valence-corrected chi connectivity index (χ3v) is 17.2. The number of carboxylic acid groups (broad SMARTS) is 1. The Hall–Kier alpha value is -1.23. The smallest absolute Gasteiger partial charge is 0.309 e. The Kier molecular flexibility index (Phi) is 10.8. The summed E-state index contributed by atoms with van der Waals surface area (Å²) in [5.41, 5.74) is -0.783. The van der Waals surface area contributed by atoms with Crippen LogP contribution in [-0.2, 0) is 23.7 Å². The third-order valence-electron chi connectivity index (χ3n) is 17.2. The van der Waals surface area contributed by atoms with E-state index in [9.17, 15) is 45.6 Å². The molecule has 19 atom stereocenters. The predicted octanol–water partition coefficient (Wildman–Crippen LogP) is 2.35. The Morgan fingerprint density at radius 2 is 1.52 bits per heavy atom. The molecule has 7 rings (SSSR count). The number of fused-ring (bicyclic) bond motifs is 7. The average molecular weight is 767 g/mol. The summed E-state index contributed by atoms with van der Waals surface area (Å²) in [6, 6.07) is 0. The van der Waals surface area contributed by atoms with Gasteiger partial charge < -0.3 is 59.8 Å². The summed E-state index contributed by atoms with van der Waals surface area (Å²) in [5.74, 6) is 0.0511. The number of hydrogen-bond acceptors (Lipinski definition) is 12. The predicted molar refractivity (Wildman–Crippen MR) is 193 cm³/mol.